The monoisotopic (exact) mass is 341 g/mol. The minimum atomic E-state index is -0.520. The predicted octanol–water partition coefficient (Wildman–Crippen LogP) is 3.62. The van der Waals surface area contributed by atoms with Crippen LogP contribution in [0.2, 0.25) is 0 Å². The summed E-state index contributed by atoms with van der Waals surface area (Å²) in [6.45, 7) is 3.51. The van der Waals surface area contributed by atoms with Crippen LogP contribution >= 0.6 is 0 Å². The van der Waals surface area contributed by atoms with E-state index in [9.17, 15) is 9.18 Å². The number of rotatable bonds is 3. The summed E-state index contributed by atoms with van der Waals surface area (Å²) in [6, 6.07) is 6.88. The molecule has 4 rings (SSSR count). The summed E-state index contributed by atoms with van der Waals surface area (Å²) in [4.78, 5) is 19.7. The number of carbonyl (C=O) groups excluding carboxylic acids is 1. The lowest BCUT2D eigenvalue weighted by molar-refractivity contribution is -0.142. The largest absolute Gasteiger partial charge is 0.340 e. The van der Waals surface area contributed by atoms with Gasteiger partial charge in [-0.05, 0) is 50.3 Å². The van der Waals surface area contributed by atoms with E-state index in [0.29, 0.717) is 6.54 Å². The van der Waals surface area contributed by atoms with Crippen LogP contribution in [0.15, 0.2) is 36.7 Å². The van der Waals surface area contributed by atoms with Gasteiger partial charge in [0.25, 0.3) is 0 Å². The van der Waals surface area contributed by atoms with Gasteiger partial charge >= 0.3 is 0 Å². The third-order valence-corrected chi connectivity index (χ3v) is 5.93. The molecule has 1 saturated carbocycles. The van der Waals surface area contributed by atoms with E-state index >= 15 is 0 Å². The van der Waals surface area contributed by atoms with E-state index in [-0.39, 0.29) is 17.8 Å². The Kier molecular flexibility index (Phi) is 4.10. The number of aryl methyl sites for hydroxylation is 1. The second kappa shape index (κ2) is 6.28. The number of hydrogen-bond donors (Lipinski definition) is 0. The van der Waals surface area contributed by atoms with Crippen molar-refractivity contribution < 1.29 is 9.18 Å². The molecule has 1 aromatic carbocycles. The van der Waals surface area contributed by atoms with Gasteiger partial charge in [-0.3, -0.25) is 4.79 Å². The van der Waals surface area contributed by atoms with E-state index in [1.807, 2.05) is 30.3 Å². The number of likely N-dealkylation sites (tertiary alicyclic amines) is 1. The van der Waals surface area contributed by atoms with Gasteiger partial charge in [0.15, 0.2) is 0 Å². The Morgan fingerprint density at radius 2 is 2.16 bits per heavy atom. The highest BCUT2D eigenvalue weighted by Gasteiger charge is 2.48. The fraction of sp³-hybridized carbons (Fsp3) is 0.500. The van der Waals surface area contributed by atoms with Crippen molar-refractivity contribution in [3.63, 3.8) is 0 Å². The minimum Gasteiger partial charge on any atom is -0.340 e. The van der Waals surface area contributed by atoms with Gasteiger partial charge in [-0.15, -0.1) is 0 Å². The van der Waals surface area contributed by atoms with Crippen molar-refractivity contribution in [2.45, 2.75) is 50.5 Å². The van der Waals surface area contributed by atoms with Crippen LogP contribution in [0.1, 0.15) is 49.5 Å². The van der Waals surface area contributed by atoms with Gasteiger partial charge < -0.3 is 9.47 Å². The average molecular weight is 341 g/mol. The van der Waals surface area contributed by atoms with Crippen LogP contribution in [0.3, 0.4) is 0 Å². The zero-order valence-corrected chi connectivity index (χ0v) is 14.6. The third-order valence-electron chi connectivity index (χ3n) is 5.93. The smallest absolute Gasteiger partial charge is 0.233 e. The summed E-state index contributed by atoms with van der Waals surface area (Å²) in [5, 5.41) is 0. The molecule has 1 amide bonds. The number of piperidine rings is 1. The molecule has 0 N–H and O–H groups in total. The number of carbonyl (C=O) groups is 1. The maximum Gasteiger partial charge on any atom is 0.233 e. The maximum atomic E-state index is 13.7. The van der Waals surface area contributed by atoms with E-state index in [0.717, 1.165) is 50.0 Å². The zero-order valence-electron chi connectivity index (χ0n) is 14.6. The molecule has 1 aromatic heterocycles. The van der Waals surface area contributed by atoms with Gasteiger partial charge in [0, 0.05) is 25.5 Å². The van der Waals surface area contributed by atoms with Crippen LogP contribution < -0.4 is 0 Å². The molecular formula is C20H24FN3O. The third kappa shape index (κ3) is 2.75. The van der Waals surface area contributed by atoms with Crippen LogP contribution in [-0.2, 0) is 10.2 Å². The van der Waals surface area contributed by atoms with Gasteiger partial charge in [0.1, 0.15) is 11.6 Å². The molecule has 25 heavy (non-hydrogen) atoms. The van der Waals surface area contributed by atoms with Gasteiger partial charge in [0.05, 0.1) is 11.5 Å². The predicted molar refractivity (Wildman–Crippen MR) is 93.7 cm³/mol. The second-order valence-corrected chi connectivity index (χ2v) is 7.37. The summed E-state index contributed by atoms with van der Waals surface area (Å²) in [5.41, 5.74) is 0.318. The Labute approximate surface area is 147 Å². The number of imidazole rings is 1. The van der Waals surface area contributed by atoms with E-state index in [4.69, 9.17) is 0 Å². The standard InChI is InChI=1S/C20H24FN3O/c1-15-22-10-12-24(15)18-7-3-11-23(14-18)19(25)20(8-4-9-20)16-5-2-6-17(21)13-16/h2,5-6,10,12-13,18H,3-4,7-9,11,14H2,1H3/t18-/m1/s1. The van der Waals surface area contributed by atoms with Crippen LogP contribution in [0.4, 0.5) is 4.39 Å². The lowest BCUT2D eigenvalue weighted by atomic mass is 9.63. The molecule has 0 spiro atoms. The van der Waals surface area contributed by atoms with E-state index in [1.54, 1.807) is 12.1 Å². The molecular weight excluding hydrogens is 317 g/mol. The first-order chi connectivity index (χ1) is 12.1. The summed E-state index contributed by atoms with van der Waals surface area (Å²) >= 11 is 0. The highest BCUT2D eigenvalue weighted by atomic mass is 19.1. The number of amides is 1. The summed E-state index contributed by atoms with van der Waals surface area (Å²) in [6.07, 6.45) is 8.54. The van der Waals surface area contributed by atoms with Gasteiger partial charge in [-0.25, -0.2) is 9.37 Å². The maximum absolute atomic E-state index is 13.7. The van der Waals surface area contributed by atoms with E-state index < -0.39 is 5.41 Å². The first-order valence-corrected chi connectivity index (χ1v) is 9.15. The van der Waals surface area contributed by atoms with Crippen LogP contribution in [0.25, 0.3) is 0 Å². The van der Waals surface area contributed by atoms with Crippen molar-refractivity contribution in [3.05, 3.63) is 53.9 Å². The number of nitrogens with zero attached hydrogens (tertiary/aromatic N) is 3. The number of benzene rings is 1. The second-order valence-electron chi connectivity index (χ2n) is 7.37. The highest BCUT2D eigenvalue weighted by Crippen LogP contribution is 2.46. The Balaban J connectivity index is 1.58. The van der Waals surface area contributed by atoms with Crippen molar-refractivity contribution in [1.29, 1.82) is 0 Å². The SMILES string of the molecule is Cc1nccn1[C@@H]1CCCN(C(=O)C2(c3cccc(F)c3)CCC2)C1. The highest BCUT2D eigenvalue weighted by molar-refractivity contribution is 5.89. The lowest BCUT2D eigenvalue weighted by Gasteiger charge is -2.46. The Morgan fingerprint density at radius 3 is 2.80 bits per heavy atom. The fourth-order valence-corrected chi connectivity index (χ4v) is 4.38. The molecule has 2 fully saturated rings. The zero-order chi connectivity index (χ0) is 17.4. The molecule has 0 bridgehead atoms. The molecule has 2 aromatic rings. The number of halogens is 1. The van der Waals surface area contributed by atoms with Gasteiger partial charge in [-0.1, -0.05) is 18.6 Å². The quantitative estimate of drug-likeness (QED) is 0.855. The van der Waals surface area contributed by atoms with Crippen LogP contribution in [-0.4, -0.2) is 33.4 Å². The summed E-state index contributed by atoms with van der Waals surface area (Å²) < 4.78 is 15.9. The summed E-state index contributed by atoms with van der Waals surface area (Å²) in [5.74, 6) is 0.900. The first-order valence-electron chi connectivity index (χ1n) is 9.15. The molecule has 2 aliphatic rings. The first kappa shape index (κ1) is 16.3. The van der Waals surface area contributed by atoms with Crippen molar-refractivity contribution in [2.75, 3.05) is 13.1 Å². The topological polar surface area (TPSA) is 38.1 Å². The Morgan fingerprint density at radius 1 is 1.32 bits per heavy atom. The minimum absolute atomic E-state index is 0.173. The fourth-order valence-electron chi connectivity index (χ4n) is 4.38. The van der Waals surface area contributed by atoms with Crippen molar-refractivity contribution >= 4 is 5.91 Å². The van der Waals surface area contributed by atoms with Crippen LogP contribution in [0, 0.1) is 12.7 Å². The number of hydrogen-bond acceptors (Lipinski definition) is 2. The van der Waals surface area contributed by atoms with Crippen molar-refractivity contribution in [3.8, 4) is 0 Å². The normalized spacial score (nSPS) is 22.5. The Bertz CT molecular complexity index is 781. The average Bonchev–Trinajstić information content (AvgIpc) is 3.00. The molecule has 5 heteroatoms. The number of aromatic nitrogens is 2. The van der Waals surface area contributed by atoms with Crippen molar-refractivity contribution in [2.24, 2.45) is 0 Å². The molecule has 0 radical (unpaired) electrons. The van der Waals surface area contributed by atoms with Gasteiger partial charge in [-0.2, -0.15) is 0 Å². The lowest BCUT2D eigenvalue weighted by Crippen LogP contribution is -2.53. The molecule has 1 aliphatic heterocycles. The van der Waals surface area contributed by atoms with Gasteiger partial charge in [0.2, 0.25) is 5.91 Å². The molecule has 132 valence electrons. The van der Waals surface area contributed by atoms with Crippen LogP contribution in [0.5, 0.6) is 0 Å². The molecule has 1 aliphatic carbocycles. The Hall–Kier alpha value is -2.17. The van der Waals surface area contributed by atoms with Crippen molar-refractivity contribution in [1.82, 2.24) is 14.5 Å². The van der Waals surface area contributed by atoms with E-state index in [2.05, 4.69) is 9.55 Å². The summed E-state index contributed by atoms with van der Waals surface area (Å²) in [7, 11) is 0. The van der Waals surface area contributed by atoms with E-state index in [1.165, 1.54) is 6.07 Å². The molecule has 2 heterocycles. The molecule has 0 unspecified atom stereocenters. The molecule has 4 nitrogen and oxygen atoms in total. The molecule has 1 atom stereocenters. The molecule has 1 saturated heterocycles.